The van der Waals surface area contributed by atoms with E-state index in [-0.39, 0.29) is 24.0 Å². The van der Waals surface area contributed by atoms with Crippen molar-refractivity contribution in [2.75, 3.05) is 18.8 Å². The van der Waals surface area contributed by atoms with E-state index in [9.17, 15) is 17.6 Å². The molecular formula is C20H22FNO4S. The number of amides is 1. The van der Waals surface area contributed by atoms with Gasteiger partial charge in [-0.3, -0.25) is 4.79 Å². The molecule has 1 saturated heterocycles. The fourth-order valence-electron chi connectivity index (χ4n) is 3.24. The Morgan fingerprint density at radius 3 is 2.48 bits per heavy atom. The van der Waals surface area contributed by atoms with Crippen LogP contribution in [0.15, 0.2) is 54.6 Å². The summed E-state index contributed by atoms with van der Waals surface area (Å²) < 4.78 is 44.5. The van der Waals surface area contributed by atoms with Crippen molar-refractivity contribution in [2.45, 2.75) is 24.7 Å². The number of benzene rings is 2. The van der Waals surface area contributed by atoms with Gasteiger partial charge in [0.05, 0.1) is 11.0 Å². The van der Waals surface area contributed by atoms with Crippen LogP contribution in [-0.2, 0) is 14.6 Å². The van der Waals surface area contributed by atoms with Crippen molar-refractivity contribution in [3.05, 3.63) is 66.0 Å². The van der Waals surface area contributed by atoms with Crippen molar-refractivity contribution in [3.8, 4) is 5.75 Å². The highest BCUT2D eigenvalue weighted by Gasteiger charge is 2.34. The van der Waals surface area contributed by atoms with Crippen LogP contribution in [0, 0.1) is 5.82 Å². The predicted octanol–water partition coefficient (Wildman–Crippen LogP) is 2.98. The Balaban J connectivity index is 1.71. The van der Waals surface area contributed by atoms with E-state index in [1.807, 2.05) is 18.2 Å². The van der Waals surface area contributed by atoms with Gasteiger partial charge in [0.25, 0.3) is 5.91 Å². The molecule has 7 heteroatoms. The van der Waals surface area contributed by atoms with Crippen LogP contribution in [0.3, 0.4) is 0 Å². The van der Waals surface area contributed by atoms with Gasteiger partial charge in [-0.1, -0.05) is 42.5 Å². The van der Waals surface area contributed by atoms with Crippen LogP contribution in [-0.4, -0.2) is 44.2 Å². The average molecular weight is 391 g/mol. The van der Waals surface area contributed by atoms with E-state index in [1.54, 1.807) is 25.1 Å². The standard InChI is InChI=1S/C20H22FNO4S/c1-15(26-18-10-6-5-9-17(18)21)20(23)22-12-11-19(27(24,25)14-13-22)16-7-3-2-4-8-16/h2-10,15,19H,11-14H2,1H3/t15-,19+/m0/s1. The summed E-state index contributed by atoms with van der Waals surface area (Å²) in [4.78, 5) is 14.2. The monoisotopic (exact) mass is 391 g/mol. The van der Waals surface area contributed by atoms with Gasteiger partial charge in [-0.2, -0.15) is 0 Å². The molecule has 2 aromatic rings. The van der Waals surface area contributed by atoms with Gasteiger partial charge in [0.1, 0.15) is 0 Å². The smallest absolute Gasteiger partial charge is 0.263 e. The van der Waals surface area contributed by atoms with E-state index in [0.717, 1.165) is 5.56 Å². The zero-order chi connectivity index (χ0) is 19.4. The molecule has 144 valence electrons. The van der Waals surface area contributed by atoms with E-state index >= 15 is 0 Å². The maximum atomic E-state index is 13.7. The van der Waals surface area contributed by atoms with E-state index in [0.29, 0.717) is 13.0 Å². The van der Waals surface area contributed by atoms with Crippen LogP contribution in [0.25, 0.3) is 0 Å². The second-order valence-corrected chi connectivity index (χ2v) is 8.87. The highest BCUT2D eigenvalue weighted by Crippen LogP contribution is 2.29. The molecule has 0 spiro atoms. The molecule has 3 rings (SSSR count). The van der Waals surface area contributed by atoms with Gasteiger partial charge in [-0.05, 0) is 31.0 Å². The average Bonchev–Trinajstić information content (AvgIpc) is 2.81. The molecule has 1 aliphatic heterocycles. The number of para-hydroxylation sites is 1. The number of carbonyl (C=O) groups is 1. The number of sulfone groups is 1. The molecule has 0 saturated carbocycles. The molecule has 1 fully saturated rings. The third kappa shape index (κ3) is 4.47. The fraction of sp³-hybridized carbons (Fsp3) is 0.350. The summed E-state index contributed by atoms with van der Waals surface area (Å²) in [6.07, 6.45) is -0.581. The highest BCUT2D eigenvalue weighted by atomic mass is 32.2. The van der Waals surface area contributed by atoms with Crippen LogP contribution in [0.5, 0.6) is 5.75 Å². The first-order valence-electron chi connectivity index (χ1n) is 8.85. The molecule has 27 heavy (non-hydrogen) atoms. The molecule has 0 radical (unpaired) electrons. The van der Waals surface area contributed by atoms with E-state index in [2.05, 4.69) is 0 Å². The van der Waals surface area contributed by atoms with Gasteiger partial charge in [0.2, 0.25) is 0 Å². The lowest BCUT2D eigenvalue weighted by Gasteiger charge is -2.24. The van der Waals surface area contributed by atoms with Crippen LogP contribution >= 0.6 is 0 Å². The Labute approximate surface area is 158 Å². The summed E-state index contributed by atoms with van der Waals surface area (Å²) in [5, 5.41) is -0.626. The summed E-state index contributed by atoms with van der Waals surface area (Å²) in [6.45, 7) is 1.96. The van der Waals surface area contributed by atoms with Gasteiger partial charge in [-0.25, -0.2) is 12.8 Å². The van der Waals surface area contributed by atoms with Crippen molar-refractivity contribution in [1.82, 2.24) is 4.90 Å². The molecule has 2 aromatic carbocycles. The molecule has 1 heterocycles. The fourth-order valence-corrected chi connectivity index (χ4v) is 5.04. The number of ether oxygens (including phenoxy) is 1. The zero-order valence-corrected chi connectivity index (χ0v) is 15.9. The van der Waals surface area contributed by atoms with Crippen molar-refractivity contribution in [3.63, 3.8) is 0 Å². The number of nitrogens with zero attached hydrogens (tertiary/aromatic N) is 1. The lowest BCUT2D eigenvalue weighted by molar-refractivity contribution is -0.137. The Morgan fingerprint density at radius 1 is 1.11 bits per heavy atom. The number of halogens is 1. The lowest BCUT2D eigenvalue weighted by atomic mass is 10.1. The highest BCUT2D eigenvalue weighted by molar-refractivity contribution is 7.91. The molecule has 0 unspecified atom stereocenters. The number of rotatable bonds is 4. The maximum absolute atomic E-state index is 13.7. The van der Waals surface area contributed by atoms with E-state index < -0.39 is 27.0 Å². The normalized spacial score (nSPS) is 20.5. The second kappa shape index (κ2) is 8.08. The van der Waals surface area contributed by atoms with Crippen LogP contribution in [0.1, 0.15) is 24.2 Å². The minimum absolute atomic E-state index is 0.00274. The Kier molecular flexibility index (Phi) is 5.79. The number of hydrogen-bond donors (Lipinski definition) is 0. The van der Waals surface area contributed by atoms with Crippen molar-refractivity contribution < 1.29 is 22.3 Å². The summed E-state index contributed by atoms with van der Waals surface area (Å²) in [5.74, 6) is -0.991. The van der Waals surface area contributed by atoms with Crippen molar-refractivity contribution >= 4 is 15.7 Å². The lowest BCUT2D eigenvalue weighted by Crippen LogP contribution is -2.42. The van der Waals surface area contributed by atoms with Gasteiger partial charge in [-0.15, -0.1) is 0 Å². The van der Waals surface area contributed by atoms with Crippen LogP contribution < -0.4 is 4.74 Å². The van der Waals surface area contributed by atoms with E-state index in [4.69, 9.17) is 4.74 Å². The van der Waals surface area contributed by atoms with Gasteiger partial charge in [0.15, 0.2) is 27.5 Å². The Bertz CT molecular complexity index is 901. The Morgan fingerprint density at radius 2 is 1.78 bits per heavy atom. The maximum Gasteiger partial charge on any atom is 0.263 e. The second-order valence-electron chi connectivity index (χ2n) is 6.57. The molecule has 0 N–H and O–H groups in total. The first kappa shape index (κ1) is 19.4. The van der Waals surface area contributed by atoms with Crippen LogP contribution in [0.4, 0.5) is 4.39 Å². The van der Waals surface area contributed by atoms with Gasteiger partial charge < -0.3 is 9.64 Å². The van der Waals surface area contributed by atoms with Gasteiger partial charge in [0, 0.05) is 13.1 Å². The third-order valence-electron chi connectivity index (χ3n) is 4.71. The summed E-state index contributed by atoms with van der Waals surface area (Å²) >= 11 is 0. The molecular weight excluding hydrogens is 369 g/mol. The summed E-state index contributed by atoms with van der Waals surface area (Å²) in [6, 6.07) is 14.9. The van der Waals surface area contributed by atoms with Crippen molar-refractivity contribution in [2.24, 2.45) is 0 Å². The zero-order valence-electron chi connectivity index (χ0n) is 15.0. The Hall–Kier alpha value is -2.41. The molecule has 0 aromatic heterocycles. The molecule has 0 aliphatic carbocycles. The first-order valence-corrected chi connectivity index (χ1v) is 10.6. The molecule has 0 bridgehead atoms. The van der Waals surface area contributed by atoms with Crippen molar-refractivity contribution in [1.29, 1.82) is 0 Å². The molecule has 2 atom stereocenters. The SMILES string of the molecule is C[C@H](Oc1ccccc1F)C(=O)N1CC[C@H](c2ccccc2)S(=O)(=O)CC1. The number of hydrogen-bond acceptors (Lipinski definition) is 4. The van der Waals surface area contributed by atoms with Crippen LogP contribution in [0.2, 0.25) is 0 Å². The topological polar surface area (TPSA) is 63.7 Å². The number of carbonyl (C=O) groups excluding carboxylic acids is 1. The third-order valence-corrected chi connectivity index (χ3v) is 6.84. The minimum Gasteiger partial charge on any atom is -0.478 e. The van der Waals surface area contributed by atoms with E-state index in [1.165, 1.54) is 23.1 Å². The predicted molar refractivity (Wildman–Crippen MR) is 101 cm³/mol. The largest absolute Gasteiger partial charge is 0.478 e. The molecule has 1 amide bonds. The minimum atomic E-state index is -3.37. The molecule has 1 aliphatic rings. The molecule has 5 nitrogen and oxygen atoms in total. The first-order chi connectivity index (χ1) is 12.9. The summed E-state index contributed by atoms with van der Waals surface area (Å²) in [7, 11) is -3.37. The summed E-state index contributed by atoms with van der Waals surface area (Å²) in [5.41, 5.74) is 0.738. The quantitative estimate of drug-likeness (QED) is 0.804. The van der Waals surface area contributed by atoms with Gasteiger partial charge >= 0.3 is 0 Å².